The first-order valence-electron chi connectivity index (χ1n) is 5.09. The summed E-state index contributed by atoms with van der Waals surface area (Å²) in [4.78, 5) is 24.4. The highest BCUT2D eigenvalue weighted by Crippen LogP contribution is 2.25. The molecule has 2 amide bonds. The molecule has 15 heavy (non-hydrogen) atoms. The Morgan fingerprint density at radius 3 is 2.33 bits per heavy atom. The van der Waals surface area contributed by atoms with Gasteiger partial charge in [-0.25, -0.2) is 0 Å². The first-order valence-corrected chi connectivity index (χ1v) is 5.09. The third-order valence-corrected chi connectivity index (χ3v) is 2.90. The zero-order valence-electron chi connectivity index (χ0n) is 9.15. The monoisotopic (exact) mass is 215 g/mol. The van der Waals surface area contributed by atoms with Crippen LogP contribution in [0.4, 0.5) is 0 Å². The molecular weight excluding hydrogens is 198 g/mol. The van der Waals surface area contributed by atoms with Crippen LogP contribution in [0.3, 0.4) is 0 Å². The number of carbonyl (C=O) groups excluding carboxylic acids is 2. The van der Waals surface area contributed by atoms with Gasteiger partial charge >= 0.3 is 0 Å². The number of nitrogens with zero attached hydrogens (tertiary/aromatic N) is 1. The van der Waals surface area contributed by atoms with Crippen molar-refractivity contribution in [1.29, 1.82) is 0 Å². The molecule has 1 atom stereocenters. The van der Waals surface area contributed by atoms with E-state index in [2.05, 4.69) is 0 Å². The predicted octanol–water partition coefficient (Wildman–Crippen LogP) is -0.0771. The number of hydrogen-bond acceptors (Lipinski definition) is 4. The van der Waals surface area contributed by atoms with Gasteiger partial charge in [0.05, 0.1) is 0 Å². The van der Waals surface area contributed by atoms with Gasteiger partial charge in [0.2, 0.25) is 0 Å². The largest absolute Gasteiger partial charge is 0.396 e. The third kappa shape index (κ3) is 2.35. The minimum atomic E-state index is -0.591. The lowest BCUT2D eigenvalue weighted by molar-refractivity contribution is -0.166. The summed E-state index contributed by atoms with van der Waals surface area (Å²) in [6.07, 6.45) is 1.03. The maximum atomic E-state index is 11.6. The average molecular weight is 215 g/mol. The first kappa shape index (κ1) is 12.1. The molecule has 0 bridgehead atoms. The molecular formula is C10H17NO4. The fourth-order valence-corrected chi connectivity index (χ4v) is 1.78. The highest BCUT2D eigenvalue weighted by Gasteiger charge is 2.40. The van der Waals surface area contributed by atoms with Crippen molar-refractivity contribution in [3.8, 4) is 0 Å². The third-order valence-electron chi connectivity index (χ3n) is 2.90. The van der Waals surface area contributed by atoms with E-state index in [1.165, 1.54) is 4.90 Å². The van der Waals surface area contributed by atoms with Crippen LogP contribution < -0.4 is 0 Å². The van der Waals surface area contributed by atoms with Gasteiger partial charge in [0.1, 0.15) is 13.2 Å². The first-order chi connectivity index (χ1) is 7.05. The maximum absolute atomic E-state index is 11.6. The number of carbonyl (C=O) groups is 2. The quantitative estimate of drug-likeness (QED) is 0.666. The van der Waals surface area contributed by atoms with Crippen molar-refractivity contribution in [3.05, 3.63) is 0 Å². The Labute approximate surface area is 89.0 Å². The Kier molecular flexibility index (Phi) is 3.82. The van der Waals surface area contributed by atoms with E-state index in [9.17, 15) is 9.59 Å². The molecule has 1 fully saturated rings. The van der Waals surface area contributed by atoms with Crippen LogP contribution in [0.2, 0.25) is 0 Å². The van der Waals surface area contributed by atoms with Crippen molar-refractivity contribution >= 4 is 11.8 Å². The number of amides is 2. The molecule has 0 saturated carbocycles. The topological polar surface area (TPSA) is 66.8 Å². The van der Waals surface area contributed by atoms with Crippen molar-refractivity contribution < 1.29 is 19.4 Å². The SMILES string of the molecule is CCC(C)(CCO)N1C(=O)COCC1=O. The molecule has 1 aliphatic rings. The van der Waals surface area contributed by atoms with E-state index in [0.717, 1.165) is 0 Å². The number of rotatable bonds is 4. The second kappa shape index (κ2) is 4.72. The van der Waals surface area contributed by atoms with Gasteiger partial charge in [0.25, 0.3) is 11.8 Å². The van der Waals surface area contributed by atoms with Crippen molar-refractivity contribution in [2.75, 3.05) is 19.8 Å². The van der Waals surface area contributed by atoms with Gasteiger partial charge < -0.3 is 9.84 Å². The molecule has 86 valence electrons. The minimum absolute atomic E-state index is 0.0394. The van der Waals surface area contributed by atoms with E-state index < -0.39 is 5.54 Å². The Morgan fingerprint density at radius 2 is 1.93 bits per heavy atom. The smallest absolute Gasteiger partial charge is 0.255 e. The van der Waals surface area contributed by atoms with Crippen LogP contribution in [0.1, 0.15) is 26.7 Å². The second-order valence-electron chi connectivity index (χ2n) is 3.94. The van der Waals surface area contributed by atoms with Crippen LogP contribution in [0.5, 0.6) is 0 Å². The molecule has 0 aliphatic carbocycles. The van der Waals surface area contributed by atoms with Gasteiger partial charge in [-0.15, -0.1) is 0 Å². The summed E-state index contributed by atoms with van der Waals surface area (Å²) in [7, 11) is 0. The highest BCUT2D eigenvalue weighted by molar-refractivity contribution is 5.99. The fourth-order valence-electron chi connectivity index (χ4n) is 1.78. The van der Waals surface area contributed by atoms with E-state index in [-0.39, 0.29) is 31.6 Å². The number of imide groups is 1. The van der Waals surface area contributed by atoms with Crippen LogP contribution in [-0.4, -0.2) is 47.2 Å². The zero-order valence-corrected chi connectivity index (χ0v) is 9.15. The van der Waals surface area contributed by atoms with Crippen LogP contribution >= 0.6 is 0 Å². The van der Waals surface area contributed by atoms with Gasteiger partial charge in [0.15, 0.2) is 0 Å². The Hall–Kier alpha value is -0.940. The number of hydrogen-bond donors (Lipinski definition) is 1. The predicted molar refractivity (Wildman–Crippen MR) is 53.1 cm³/mol. The second-order valence-corrected chi connectivity index (χ2v) is 3.94. The molecule has 0 aromatic rings. The molecule has 1 N–H and O–H groups in total. The lowest BCUT2D eigenvalue weighted by Crippen LogP contribution is -2.58. The summed E-state index contributed by atoms with van der Waals surface area (Å²) < 4.78 is 4.84. The summed E-state index contributed by atoms with van der Waals surface area (Å²) in [6.45, 7) is 3.57. The van der Waals surface area contributed by atoms with E-state index in [1.807, 2.05) is 13.8 Å². The van der Waals surface area contributed by atoms with Crippen molar-refractivity contribution in [2.45, 2.75) is 32.2 Å². The molecule has 1 rings (SSSR count). The van der Waals surface area contributed by atoms with Gasteiger partial charge in [-0.2, -0.15) is 0 Å². The number of aliphatic hydroxyl groups excluding tert-OH is 1. The van der Waals surface area contributed by atoms with Gasteiger partial charge in [0, 0.05) is 12.1 Å². The fraction of sp³-hybridized carbons (Fsp3) is 0.800. The van der Waals surface area contributed by atoms with E-state index in [4.69, 9.17) is 9.84 Å². The van der Waals surface area contributed by atoms with Crippen molar-refractivity contribution in [1.82, 2.24) is 4.90 Å². The Morgan fingerprint density at radius 1 is 1.40 bits per heavy atom. The molecule has 5 heteroatoms. The molecule has 0 aromatic carbocycles. The normalized spacial score (nSPS) is 21.7. The van der Waals surface area contributed by atoms with Crippen LogP contribution in [0, 0.1) is 0 Å². The van der Waals surface area contributed by atoms with Crippen molar-refractivity contribution in [3.63, 3.8) is 0 Å². The molecule has 1 aliphatic heterocycles. The summed E-state index contributed by atoms with van der Waals surface area (Å²) in [5, 5.41) is 8.96. The van der Waals surface area contributed by atoms with Gasteiger partial charge in [-0.05, 0) is 19.8 Å². The standard InChI is InChI=1S/C10H17NO4/c1-3-10(2,4-5-12)11-8(13)6-15-7-9(11)14/h12H,3-7H2,1-2H3. The summed E-state index contributed by atoms with van der Waals surface area (Å²) in [5.41, 5.74) is -0.591. The van der Waals surface area contributed by atoms with Crippen molar-refractivity contribution in [2.24, 2.45) is 0 Å². The van der Waals surface area contributed by atoms with Crippen LogP contribution in [0.15, 0.2) is 0 Å². The number of morpholine rings is 1. The minimum Gasteiger partial charge on any atom is -0.396 e. The lowest BCUT2D eigenvalue weighted by Gasteiger charge is -2.40. The molecule has 0 radical (unpaired) electrons. The molecule has 5 nitrogen and oxygen atoms in total. The number of ether oxygens (including phenoxy) is 1. The highest BCUT2D eigenvalue weighted by atomic mass is 16.5. The van der Waals surface area contributed by atoms with Gasteiger partial charge in [-0.3, -0.25) is 14.5 Å². The Bertz CT molecular complexity index is 250. The average Bonchev–Trinajstić information content (AvgIpc) is 2.18. The van der Waals surface area contributed by atoms with Crippen LogP contribution in [0.25, 0.3) is 0 Å². The van der Waals surface area contributed by atoms with E-state index in [0.29, 0.717) is 12.8 Å². The molecule has 1 unspecified atom stereocenters. The zero-order chi connectivity index (χ0) is 11.5. The lowest BCUT2D eigenvalue weighted by atomic mass is 9.92. The Balaban J connectivity index is 2.89. The van der Waals surface area contributed by atoms with E-state index >= 15 is 0 Å². The summed E-state index contributed by atoms with van der Waals surface area (Å²) in [5.74, 6) is -0.631. The summed E-state index contributed by atoms with van der Waals surface area (Å²) >= 11 is 0. The maximum Gasteiger partial charge on any atom is 0.255 e. The van der Waals surface area contributed by atoms with Crippen LogP contribution in [-0.2, 0) is 14.3 Å². The van der Waals surface area contributed by atoms with Gasteiger partial charge in [-0.1, -0.05) is 6.92 Å². The molecule has 0 aromatic heterocycles. The summed E-state index contributed by atoms with van der Waals surface area (Å²) in [6, 6.07) is 0. The molecule has 0 spiro atoms. The molecule has 1 heterocycles. The number of aliphatic hydroxyl groups is 1. The molecule has 1 saturated heterocycles. The van der Waals surface area contributed by atoms with E-state index in [1.54, 1.807) is 0 Å².